The second-order valence-electron chi connectivity index (χ2n) is 6.73. The van der Waals surface area contributed by atoms with Crippen LogP contribution in [-0.2, 0) is 17.9 Å². The fourth-order valence-electron chi connectivity index (χ4n) is 3.57. The Morgan fingerprint density at radius 1 is 1.20 bits per heavy atom. The number of amides is 1. The van der Waals surface area contributed by atoms with Crippen molar-refractivity contribution in [3.63, 3.8) is 0 Å². The van der Waals surface area contributed by atoms with E-state index in [1.165, 1.54) is 19.3 Å². The van der Waals surface area contributed by atoms with Crippen LogP contribution in [0.1, 0.15) is 60.0 Å². The maximum Gasteiger partial charge on any atom is 0.274 e. The number of hydrogen-bond donors (Lipinski definition) is 1. The Morgan fingerprint density at radius 3 is 2.72 bits per heavy atom. The third kappa shape index (κ3) is 3.62. The lowest BCUT2D eigenvalue weighted by molar-refractivity contribution is -0.00179. The molecule has 2 aromatic rings. The standard InChI is InChI=1S/C18H21BrN4O2/c19-13-8-6-12(7-9-13)16-10-23-15(11-25-16)17(21-22-23)18(24)20-14-4-2-1-3-5-14/h6-9,14,16H,1-5,10-11H2,(H,20,24). The topological polar surface area (TPSA) is 69.0 Å². The van der Waals surface area contributed by atoms with Gasteiger partial charge >= 0.3 is 0 Å². The second-order valence-corrected chi connectivity index (χ2v) is 7.64. The van der Waals surface area contributed by atoms with Crippen LogP contribution in [-0.4, -0.2) is 26.9 Å². The molecule has 1 aliphatic heterocycles. The lowest BCUT2D eigenvalue weighted by Gasteiger charge is -2.25. The Balaban J connectivity index is 1.46. The molecule has 1 aromatic carbocycles. The maximum atomic E-state index is 12.5. The molecule has 7 heteroatoms. The lowest BCUT2D eigenvalue weighted by Crippen LogP contribution is -2.37. The number of nitrogens with one attached hydrogen (secondary N) is 1. The van der Waals surface area contributed by atoms with Gasteiger partial charge in [0.25, 0.3) is 5.91 Å². The van der Waals surface area contributed by atoms with E-state index in [9.17, 15) is 4.79 Å². The number of hydrogen-bond acceptors (Lipinski definition) is 4. The van der Waals surface area contributed by atoms with Crippen LogP contribution in [0.25, 0.3) is 0 Å². The van der Waals surface area contributed by atoms with Crippen molar-refractivity contribution >= 4 is 21.8 Å². The van der Waals surface area contributed by atoms with Crippen LogP contribution in [0.15, 0.2) is 28.7 Å². The van der Waals surface area contributed by atoms with Gasteiger partial charge in [0.1, 0.15) is 6.10 Å². The SMILES string of the molecule is O=C(NC1CCCCC1)c1nnn2c1COC(c1ccc(Br)cc1)C2. The molecule has 6 nitrogen and oxygen atoms in total. The van der Waals surface area contributed by atoms with Crippen LogP contribution < -0.4 is 5.32 Å². The Labute approximate surface area is 155 Å². The molecule has 1 saturated carbocycles. The summed E-state index contributed by atoms with van der Waals surface area (Å²) < 4.78 is 8.81. The predicted octanol–water partition coefficient (Wildman–Crippen LogP) is 3.37. The number of halogens is 1. The summed E-state index contributed by atoms with van der Waals surface area (Å²) in [6, 6.07) is 8.33. The molecule has 1 aromatic heterocycles. The van der Waals surface area contributed by atoms with Gasteiger partial charge in [0.05, 0.1) is 18.8 Å². The second kappa shape index (κ2) is 7.25. The van der Waals surface area contributed by atoms with Gasteiger partial charge in [0.15, 0.2) is 5.69 Å². The van der Waals surface area contributed by atoms with Crippen LogP contribution in [0.2, 0.25) is 0 Å². The van der Waals surface area contributed by atoms with Crippen molar-refractivity contribution in [2.75, 3.05) is 0 Å². The third-order valence-electron chi connectivity index (χ3n) is 4.99. The normalized spacial score (nSPS) is 20.9. The van der Waals surface area contributed by atoms with Crippen molar-refractivity contribution < 1.29 is 9.53 Å². The Bertz CT molecular complexity index is 753. The zero-order chi connectivity index (χ0) is 17.2. The highest BCUT2D eigenvalue weighted by atomic mass is 79.9. The van der Waals surface area contributed by atoms with Crippen molar-refractivity contribution in [2.45, 2.75) is 57.4 Å². The summed E-state index contributed by atoms with van der Waals surface area (Å²) in [5.41, 5.74) is 2.26. The van der Waals surface area contributed by atoms with Gasteiger partial charge in [-0.15, -0.1) is 5.10 Å². The van der Waals surface area contributed by atoms with Crippen molar-refractivity contribution in [1.82, 2.24) is 20.3 Å². The van der Waals surface area contributed by atoms with Gasteiger partial charge in [-0.1, -0.05) is 52.5 Å². The van der Waals surface area contributed by atoms with Gasteiger partial charge in [-0.3, -0.25) is 4.79 Å². The van der Waals surface area contributed by atoms with Crippen LogP contribution in [0.4, 0.5) is 0 Å². The first kappa shape index (κ1) is 16.7. The van der Waals surface area contributed by atoms with Gasteiger partial charge in [0.2, 0.25) is 0 Å². The highest BCUT2D eigenvalue weighted by Crippen LogP contribution is 2.28. The highest BCUT2D eigenvalue weighted by Gasteiger charge is 2.28. The molecule has 1 unspecified atom stereocenters. The van der Waals surface area contributed by atoms with E-state index >= 15 is 0 Å². The van der Waals surface area contributed by atoms with Crippen molar-refractivity contribution in [3.8, 4) is 0 Å². The molecular formula is C18H21BrN4O2. The van der Waals surface area contributed by atoms with E-state index in [0.717, 1.165) is 28.6 Å². The van der Waals surface area contributed by atoms with E-state index < -0.39 is 0 Å². The summed E-state index contributed by atoms with van der Waals surface area (Å²) in [5.74, 6) is -0.126. The van der Waals surface area contributed by atoms with E-state index in [4.69, 9.17) is 4.74 Å². The van der Waals surface area contributed by atoms with Crippen molar-refractivity contribution in [2.24, 2.45) is 0 Å². The Hall–Kier alpha value is -1.73. The highest BCUT2D eigenvalue weighted by molar-refractivity contribution is 9.10. The minimum Gasteiger partial charge on any atom is -0.365 e. The molecule has 1 amide bonds. The van der Waals surface area contributed by atoms with E-state index in [0.29, 0.717) is 18.8 Å². The molecule has 2 heterocycles. The number of benzene rings is 1. The van der Waals surface area contributed by atoms with Gasteiger partial charge in [-0.2, -0.15) is 0 Å². The zero-order valence-electron chi connectivity index (χ0n) is 13.9. The minimum atomic E-state index is -0.126. The van der Waals surface area contributed by atoms with Crippen molar-refractivity contribution in [3.05, 3.63) is 45.7 Å². The first-order chi connectivity index (χ1) is 12.2. The molecule has 1 N–H and O–H groups in total. The van der Waals surface area contributed by atoms with Gasteiger partial charge in [-0.25, -0.2) is 4.68 Å². The van der Waals surface area contributed by atoms with Gasteiger partial charge in [0, 0.05) is 10.5 Å². The van der Waals surface area contributed by atoms with Crippen LogP contribution in [0, 0.1) is 0 Å². The summed E-state index contributed by atoms with van der Waals surface area (Å²) in [5, 5.41) is 11.4. The molecule has 1 aliphatic carbocycles. The van der Waals surface area contributed by atoms with Crippen LogP contribution in [0.3, 0.4) is 0 Å². The molecule has 0 spiro atoms. The Morgan fingerprint density at radius 2 is 1.96 bits per heavy atom. The minimum absolute atomic E-state index is 0.0726. The third-order valence-corrected chi connectivity index (χ3v) is 5.52. The van der Waals surface area contributed by atoms with E-state index in [-0.39, 0.29) is 18.1 Å². The maximum absolute atomic E-state index is 12.5. The molecule has 25 heavy (non-hydrogen) atoms. The van der Waals surface area contributed by atoms with E-state index in [1.54, 1.807) is 4.68 Å². The monoisotopic (exact) mass is 404 g/mol. The molecule has 0 bridgehead atoms. The molecule has 1 atom stereocenters. The number of carbonyl (C=O) groups is 1. The van der Waals surface area contributed by atoms with Gasteiger partial charge in [-0.05, 0) is 30.5 Å². The largest absolute Gasteiger partial charge is 0.365 e. The van der Waals surface area contributed by atoms with Crippen LogP contribution >= 0.6 is 15.9 Å². The smallest absolute Gasteiger partial charge is 0.274 e. The van der Waals surface area contributed by atoms with Crippen molar-refractivity contribution in [1.29, 1.82) is 0 Å². The first-order valence-electron chi connectivity index (χ1n) is 8.81. The average Bonchev–Trinajstić information content (AvgIpc) is 3.06. The summed E-state index contributed by atoms with van der Waals surface area (Å²) in [6.07, 6.45) is 5.66. The molecule has 0 radical (unpaired) electrons. The zero-order valence-corrected chi connectivity index (χ0v) is 15.5. The average molecular weight is 405 g/mol. The molecular weight excluding hydrogens is 384 g/mol. The number of carbonyl (C=O) groups excluding carboxylic acids is 1. The molecule has 4 rings (SSSR count). The number of rotatable bonds is 3. The van der Waals surface area contributed by atoms with Crippen LogP contribution in [0.5, 0.6) is 0 Å². The lowest BCUT2D eigenvalue weighted by atomic mass is 9.95. The van der Waals surface area contributed by atoms with Gasteiger partial charge < -0.3 is 10.1 Å². The summed E-state index contributed by atoms with van der Waals surface area (Å²) in [4.78, 5) is 12.5. The molecule has 0 saturated heterocycles. The molecule has 1 fully saturated rings. The first-order valence-corrected chi connectivity index (χ1v) is 9.60. The number of ether oxygens (including phenoxy) is 1. The number of nitrogens with zero attached hydrogens (tertiary/aromatic N) is 3. The number of aromatic nitrogens is 3. The molecule has 132 valence electrons. The number of fused-ring (bicyclic) bond motifs is 1. The molecule has 2 aliphatic rings. The summed E-state index contributed by atoms with van der Waals surface area (Å²) in [6.45, 7) is 0.918. The van der Waals surface area contributed by atoms with E-state index in [1.807, 2.05) is 24.3 Å². The quantitative estimate of drug-likeness (QED) is 0.850. The van der Waals surface area contributed by atoms with E-state index in [2.05, 4.69) is 31.6 Å². The fourth-order valence-corrected chi connectivity index (χ4v) is 3.83. The summed E-state index contributed by atoms with van der Waals surface area (Å²) >= 11 is 3.44. The fraction of sp³-hybridized carbons (Fsp3) is 0.500. The predicted molar refractivity (Wildman–Crippen MR) is 96.0 cm³/mol. The Kier molecular flexibility index (Phi) is 4.85. The summed E-state index contributed by atoms with van der Waals surface area (Å²) in [7, 11) is 0.